The minimum atomic E-state index is -1.79. The number of benzene rings is 1. The van der Waals surface area contributed by atoms with Crippen LogP contribution >= 0.6 is 0 Å². The molecule has 1 amide bonds. The highest BCUT2D eigenvalue weighted by atomic mass is 16.7. The van der Waals surface area contributed by atoms with E-state index in [9.17, 15) is 24.6 Å². The summed E-state index contributed by atoms with van der Waals surface area (Å²) in [4.78, 5) is 47.5. The molecule has 0 radical (unpaired) electrons. The average molecular weight is 767 g/mol. The topological polar surface area (TPSA) is 153 Å². The number of hydrogen-bond acceptors (Lipinski definition) is 11. The summed E-state index contributed by atoms with van der Waals surface area (Å²) in [6, 6.07) is 9.22. The Kier molecular flexibility index (Phi) is 15.2. The zero-order valence-electron chi connectivity index (χ0n) is 34.4. The van der Waals surface area contributed by atoms with Crippen LogP contribution < -0.4 is 0 Å². The lowest BCUT2D eigenvalue weighted by molar-refractivity contribution is -0.296. The molecule has 2 N–H and O–H groups in total. The van der Waals surface area contributed by atoms with E-state index in [0.29, 0.717) is 17.7 Å². The lowest BCUT2D eigenvalue weighted by Gasteiger charge is -2.47. The number of aliphatic hydroxyl groups excluding tert-OH is 1. The Hall–Kier alpha value is -3.28. The quantitative estimate of drug-likeness (QED) is 0.253. The minimum absolute atomic E-state index is 0.0110. The van der Waals surface area contributed by atoms with Crippen LogP contribution in [0.25, 0.3) is 0 Å². The lowest BCUT2D eigenvalue weighted by Crippen LogP contribution is -2.60. The fraction of sp³-hybridized carbons (Fsp3) is 0.674. The molecule has 3 saturated heterocycles. The molecule has 0 spiro atoms. The lowest BCUT2D eigenvalue weighted by atomic mass is 9.73. The van der Waals surface area contributed by atoms with E-state index >= 15 is 0 Å². The fourth-order valence-corrected chi connectivity index (χ4v) is 8.40. The van der Waals surface area contributed by atoms with Gasteiger partial charge in [-0.05, 0) is 90.8 Å². The van der Waals surface area contributed by atoms with Crippen LogP contribution in [0.3, 0.4) is 0 Å². The molecule has 12 heteroatoms. The number of allylic oxidation sites excluding steroid dienone is 1. The van der Waals surface area contributed by atoms with Crippen LogP contribution in [0.4, 0.5) is 0 Å². The number of nitrogens with zero attached hydrogens (tertiary/aromatic N) is 2. The molecule has 3 aliphatic heterocycles. The highest BCUT2D eigenvalue weighted by Gasteiger charge is 2.53. The maximum Gasteiger partial charge on any atom is 0.316 e. The van der Waals surface area contributed by atoms with Crippen molar-refractivity contribution < 1.29 is 48.3 Å². The molecule has 3 heterocycles. The Morgan fingerprint density at radius 1 is 1.07 bits per heavy atom. The van der Waals surface area contributed by atoms with Gasteiger partial charge >= 0.3 is 5.97 Å². The van der Waals surface area contributed by atoms with Crippen LogP contribution in [0, 0.1) is 35.5 Å². The monoisotopic (exact) mass is 766 g/mol. The van der Waals surface area contributed by atoms with Crippen molar-refractivity contribution in [2.45, 2.75) is 136 Å². The summed E-state index contributed by atoms with van der Waals surface area (Å²) in [5.41, 5.74) is -1.23. The zero-order chi connectivity index (χ0) is 40.8. The largest absolute Gasteiger partial charge is 0.459 e. The Morgan fingerprint density at radius 2 is 1.75 bits per heavy atom. The molecule has 13 atom stereocenters. The molecule has 1 aromatic rings. The number of rotatable bonds is 4. The summed E-state index contributed by atoms with van der Waals surface area (Å²) in [6.45, 7) is 15.3. The number of esters is 1. The summed E-state index contributed by atoms with van der Waals surface area (Å²) in [6.07, 6.45) is -3.03. The molecule has 3 aliphatic rings. The highest BCUT2D eigenvalue weighted by Crippen LogP contribution is 2.40. The van der Waals surface area contributed by atoms with Crippen molar-refractivity contribution in [2.24, 2.45) is 28.7 Å². The van der Waals surface area contributed by atoms with Crippen LogP contribution in [0.2, 0.25) is 0 Å². The minimum Gasteiger partial charge on any atom is -0.459 e. The first-order valence-electron chi connectivity index (χ1n) is 19.5. The van der Waals surface area contributed by atoms with Crippen LogP contribution in [0.5, 0.6) is 0 Å². The second-order valence-corrected chi connectivity index (χ2v) is 16.3. The molecule has 304 valence electrons. The summed E-state index contributed by atoms with van der Waals surface area (Å²) in [7, 11) is 3.75. The Bertz CT molecular complexity index is 1630. The van der Waals surface area contributed by atoms with Crippen LogP contribution in [0.15, 0.2) is 47.0 Å². The molecule has 0 aliphatic carbocycles. The van der Waals surface area contributed by atoms with Gasteiger partial charge in [0.15, 0.2) is 12.1 Å². The van der Waals surface area contributed by atoms with E-state index in [1.54, 1.807) is 26.8 Å². The first kappa shape index (κ1) is 44.4. The van der Waals surface area contributed by atoms with Crippen molar-refractivity contribution >= 4 is 23.4 Å². The standard InChI is InChI=1S/C43H62N2O10/c1-12-34-43(9,50)39-27(4)35(44-30(7)46)25(2)22-42(8,52-24-32(23-51-39)20-16-19-31-17-14-13-15-18-31)38(28(5)36(47)29(6)40(49)54-34)55-41-37(48)33(45(10)11)21-26(3)53-41/h13-15,17-18,20,25-29,33-34,37-39,41,48,50H,12,21-24H2,1-11H3/b32-20-,44-35?/t25?,26-,27?,28+,29-,33+,34+,37?,38?,39?,41+,42-,43-/m1/s1. The normalized spacial score (nSPS) is 39.7. The second-order valence-electron chi connectivity index (χ2n) is 16.3. The average Bonchev–Trinajstić information content (AvgIpc) is 3.14. The van der Waals surface area contributed by atoms with Gasteiger partial charge in [0.05, 0.1) is 37.1 Å². The molecule has 1 aromatic carbocycles. The molecular weight excluding hydrogens is 704 g/mol. The third kappa shape index (κ3) is 10.6. The second kappa shape index (κ2) is 18.8. The Labute approximate surface area is 327 Å². The van der Waals surface area contributed by atoms with Crippen LogP contribution in [-0.2, 0) is 38.1 Å². The number of cyclic esters (lactones) is 1. The molecule has 4 rings (SSSR count). The number of Topliss-reactive ketones (excluding diaryl/α,β-unsaturated/α-hetero) is 1. The third-order valence-corrected chi connectivity index (χ3v) is 11.4. The van der Waals surface area contributed by atoms with Gasteiger partial charge in [-0.25, -0.2) is 4.99 Å². The van der Waals surface area contributed by atoms with Gasteiger partial charge in [-0.2, -0.15) is 0 Å². The number of likely N-dealkylation sites (N-methyl/N-ethyl adjacent to an activating group) is 1. The molecule has 0 aromatic heterocycles. The van der Waals surface area contributed by atoms with Gasteiger partial charge in [-0.3, -0.25) is 14.4 Å². The summed E-state index contributed by atoms with van der Waals surface area (Å²) in [5, 5.41) is 24.0. The van der Waals surface area contributed by atoms with Crippen molar-refractivity contribution in [3.8, 4) is 11.8 Å². The maximum absolute atomic E-state index is 14.4. The molecule has 0 saturated carbocycles. The summed E-state index contributed by atoms with van der Waals surface area (Å²) in [5.74, 6) is 1.20. The smallest absolute Gasteiger partial charge is 0.316 e. The highest BCUT2D eigenvalue weighted by molar-refractivity contribution is 6.00. The summed E-state index contributed by atoms with van der Waals surface area (Å²) >= 11 is 0. The van der Waals surface area contributed by atoms with Crippen molar-refractivity contribution in [1.82, 2.24) is 4.90 Å². The van der Waals surface area contributed by atoms with E-state index < -0.39 is 83.2 Å². The van der Waals surface area contributed by atoms with Gasteiger partial charge < -0.3 is 38.8 Å². The van der Waals surface area contributed by atoms with E-state index in [0.717, 1.165) is 5.56 Å². The molecule has 12 nitrogen and oxygen atoms in total. The first-order valence-corrected chi connectivity index (χ1v) is 19.5. The summed E-state index contributed by atoms with van der Waals surface area (Å²) < 4.78 is 32.5. The van der Waals surface area contributed by atoms with Gasteiger partial charge in [0.2, 0.25) is 5.91 Å². The van der Waals surface area contributed by atoms with Gasteiger partial charge in [-0.15, -0.1) is 0 Å². The van der Waals surface area contributed by atoms with E-state index in [-0.39, 0.29) is 38.2 Å². The number of fused-ring (bicyclic) bond motifs is 5. The van der Waals surface area contributed by atoms with E-state index in [1.807, 2.05) is 77.0 Å². The fourth-order valence-electron chi connectivity index (χ4n) is 8.40. The number of carbonyl (C=O) groups is 3. The molecular formula is C43H62N2O10. The number of carbonyl (C=O) groups excluding carboxylic acids is 3. The van der Waals surface area contributed by atoms with E-state index in [2.05, 4.69) is 16.8 Å². The predicted molar refractivity (Wildman–Crippen MR) is 208 cm³/mol. The first-order chi connectivity index (χ1) is 25.8. The predicted octanol–water partition coefficient (Wildman–Crippen LogP) is 4.53. The Morgan fingerprint density at radius 3 is 2.36 bits per heavy atom. The zero-order valence-corrected chi connectivity index (χ0v) is 34.4. The van der Waals surface area contributed by atoms with Gasteiger partial charge in [0, 0.05) is 36.1 Å². The van der Waals surface area contributed by atoms with Gasteiger partial charge in [0.1, 0.15) is 23.7 Å². The maximum atomic E-state index is 14.4. The van der Waals surface area contributed by atoms with Gasteiger partial charge in [0.25, 0.3) is 0 Å². The SMILES string of the molecule is CC[C@@H]1OC(=O)[C@H](C)C(=O)[C@H](C)C(O[C@@H]2O[C@H](C)C[C@H](N(C)C)C2O)[C@@]2(C)CC(C)C(=NC(C)=O)C(C)C(OC/C(=C/C#Cc3ccccc3)CO2)[C@]1(C)O. The Balaban J connectivity index is 1.98. The van der Waals surface area contributed by atoms with E-state index in [4.69, 9.17) is 23.7 Å². The van der Waals surface area contributed by atoms with Crippen molar-refractivity contribution in [2.75, 3.05) is 27.3 Å². The van der Waals surface area contributed by atoms with Crippen molar-refractivity contribution in [3.63, 3.8) is 0 Å². The van der Waals surface area contributed by atoms with E-state index in [1.165, 1.54) is 13.8 Å². The molecule has 3 fully saturated rings. The number of hydrogen-bond donors (Lipinski definition) is 2. The third-order valence-electron chi connectivity index (χ3n) is 11.4. The number of amides is 1. The van der Waals surface area contributed by atoms with Crippen molar-refractivity contribution in [1.29, 1.82) is 0 Å². The molecule has 55 heavy (non-hydrogen) atoms. The molecule has 2 bridgehead atoms. The van der Waals surface area contributed by atoms with Crippen LogP contribution in [0.1, 0.15) is 87.1 Å². The number of aliphatic hydroxyl groups is 2. The number of ketones is 1. The van der Waals surface area contributed by atoms with Crippen LogP contribution in [-0.4, -0.2) is 120 Å². The molecule has 5 unspecified atom stereocenters. The number of aliphatic imine (C=N–C) groups is 1. The van der Waals surface area contributed by atoms with Gasteiger partial charge in [-0.1, -0.05) is 57.7 Å². The van der Waals surface area contributed by atoms with Crippen molar-refractivity contribution in [3.05, 3.63) is 47.5 Å². The number of ether oxygens (including phenoxy) is 5.